The van der Waals surface area contributed by atoms with Crippen LogP contribution in [0.4, 0.5) is 5.69 Å². The molecule has 0 unspecified atom stereocenters. The summed E-state index contributed by atoms with van der Waals surface area (Å²) in [5.74, 6) is -0.575. The number of carbonyl (C=O) groups excluding carboxylic acids is 1. The number of halogens is 1. The van der Waals surface area contributed by atoms with Crippen LogP contribution in [0, 0.1) is 0 Å². The molecule has 110 valence electrons. The summed E-state index contributed by atoms with van der Waals surface area (Å²) < 4.78 is 5.12. The van der Waals surface area contributed by atoms with Crippen LogP contribution in [-0.4, -0.2) is 5.91 Å². The van der Waals surface area contributed by atoms with Crippen LogP contribution in [0.2, 0.25) is 5.02 Å². The molecule has 0 aliphatic heterocycles. The van der Waals surface area contributed by atoms with Crippen LogP contribution in [0.3, 0.4) is 0 Å². The monoisotopic (exact) mass is 314 g/mol. The van der Waals surface area contributed by atoms with Gasteiger partial charge in [-0.25, -0.2) is 4.79 Å². The van der Waals surface area contributed by atoms with Gasteiger partial charge < -0.3 is 4.42 Å². The number of rotatable bonds is 3. The quantitative estimate of drug-likeness (QED) is 0.575. The molecule has 0 spiro atoms. The Morgan fingerprint density at radius 2 is 1.77 bits per heavy atom. The number of fused-ring (bicyclic) bond motifs is 1. The first kappa shape index (κ1) is 14.2. The SMILES string of the molecule is O=C(NNc1ccc(Cl)cc1)c1cc2ccccc2oc1=O. The molecule has 1 heterocycles. The first-order chi connectivity index (χ1) is 10.6. The van der Waals surface area contributed by atoms with Crippen LogP contribution in [0.1, 0.15) is 10.4 Å². The molecule has 22 heavy (non-hydrogen) atoms. The topological polar surface area (TPSA) is 71.3 Å². The highest BCUT2D eigenvalue weighted by atomic mass is 35.5. The van der Waals surface area contributed by atoms with E-state index in [0.29, 0.717) is 21.7 Å². The molecule has 3 aromatic rings. The number of carbonyl (C=O) groups is 1. The van der Waals surface area contributed by atoms with Crippen molar-refractivity contribution >= 4 is 34.2 Å². The Bertz CT molecular complexity index is 888. The molecular weight excluding hydrogens is 304 g/mol. The summed E-state index contributed by atoms with van der Waals surface area (Å²) in [5.41, 5.74) is 5.48. The molecule has 1 aromatic heterocycles. The second-order valence-corrected chi connectivity index (χ2v) is 5.01. The van der Waals surface area contributed by atoms with Crippen molar-refractivity contribution in [3.63, 3.8) is 0 Å². The fourth-order valence-electron chi connectivity index (χ4n) is 1.95. The second kappa shape index (κ2) is 5.91. The van der Waals surface area contributed by atoms with Gasteiger partial charge in [0.2, 0.25) is 0 Å². The number of nitrogens with one attached hydrogen (secondary N) is 2. The molecular formula is C16H11ClN2O3. The van der Waals surface area contributed by atoms with Crippen molar-refractivity contribution in [3.8, 4) is 0 Å². The van der Waals surface area contributed by atoms with Gasteiger partial charge in [0.05, 0.1) is 5.69 Å². The Labute approximate surface area is 130 Å². The van der Waals surface area contributed by atoms with Crippen molar-refractivity contribution in [2.45, 2.75) is 0 Å². The molecule has 1 amide bonds. The Morgan fingerprint density at radius 1 is 1.05 bits per heavy atom. The van der Waals surface area contributed by atoms with Gasteiger partial charge >= 0.3 is 5.63 Å². The second-order valence-electron chi connectivity index (χ2n) is 4.57. The molecule has 0 saturated heterocycles. The average Bonchev–Trinajstić information content (AvgIpc) is 2.53. The number of para-hydroxylation sites is 1. The zero-order chi connectivity index (χ0) is 15.5. The van der Waals surface area contributed by atoms with Crippen LogP contribution in [0.15, 0.2) is 63.8 Å². The smallest absolute Gasteiger partial charge is 0.349 e. The third-order valence-electron chi connectivity index (χ3n) is 3.05. The largest absolute Gasteiger partial charge is 0.422 e. The minimum atomic E-state index is -0.686. The summed E-state index contributed by atoms with van der Waals surface area (Å²) in [6.45, 7) is 0. The molecule has 6 heteroatoms. The van der Waals surface area contributed by atoms with E-state index in [4.69, 9.17) is 16.0 Å². The first-order valence-corrected chi connectivity index (χ1v) is 6.86. The number of hydrogen-bond donors (Lipinski definition) is 2. The van der Waals surface area contributed by atoms with Crippen molar-refractivity contribution < 1.29 is 9.21 Å². The number of hydrazine groups is 1. The van der Waals surface area contributed by atoms with Crippen LogP contribution in [-0.2, 0) is 0 Å². The highest BCUT2D eigenvalue weighted by Crippen LogP contribution is 2.14. The van der Waals surface area contributed by atoms with Gasteiger partial charge in [-0.2, -0.15) is 0 Å². The predicted octanol–water partition coefficient (Wildman–Crippen LogP) is 3.20. The number of amides is 1. The Hall–Kier alpha value is -2.79. The molecule has 0 bridgehead atoms. The average molecular weight is 315 g/mol. The van der Waals surface area contributed by atoms with Crippen LogP contribution in [0.5, 0.6) is 0 Å². The van der Waals surface area contributed by atoms with Gasteiger partial charge in [-0.1, -0.05) is 29.8 Å². The molecule has 0 atom stereocenters. The third kappa shape index (κ3) is 2.94. The highest BCUT2D eigenvalue weighted by molar-refractivity contribution is 6.30. The fraction of sp³-hybridized carbons (Fsp3) is 0. The lowest BCUT2D eigenvalue weighted by Crippen LogP contribution is -2.32. The van der Waals surface area contributed by atoms with Gasteiger partial charge in [0.15, 0.2) is 0 Å². The maximum atomic E-state index is 12.1. The number of benzene rings is 2. The molecule has 2 aromatic carbocycles. The van der Waals surface area contributed by atoms with Crippen molar-refractivity contribution in [2.75, 3.05) is 5.43 Å². The maximum Gasteiger partial charge on any atom is 0.349 e. The number of anilines is 1. The van der Waals surface area contributed by atoms with Gasteiger partial charge in [0.25, 0.3) is 5.91 Å². The van der Waals surface area contributed by atoms with Crippen molar-refractivity contribution in [2.24, 2.45) is 0 Å². The molecule has 3 rings (SSSR count). The zero-order valence-electron chi connectivity index (χ0n) is 11.3. The standard InChI is InChI=1S/C16H11ClN2O3/c17-11-5-7-12(8-6-11)18-19-15(20)13-9-10-3-1-2-4-14(10)22-16(13)21/h1-9,18H,(H,19,20). The lowest BCUT2D eigenvalue weighted by atomic mass is 10.2. The van der Waals surface area contributed by atoms with E-state index in [9.17, 15) is 9.59 Å². The summed E-state index contributed by atoms with van der Waals surface area (Å²) in [6, 6.07) is 15.3. The highest BCUT2D eigenvalue weighted by Gasteiger charge is 2.13. The van der Waals surface area contributed by atoms with E-state index in [-0.39, 0.29) is 5.56 Å². The molecule has 0 saturated carbocycles. The predicted molar refractivity (Wildman–Crippen MR) is 85.0 cm³/mol. The van der Waals surface area contributed by atoms with Gasteiger partial charge in [0, 0.05) is 10.4 Å². The number of hydrogen-bond acceptors (Lipinski definition) is 4. The zero-order valence-corrected chi connectivity index (χ0v) is 12.1. The van der Waals surface area contributed by atoms with Gasteiger partial charge in [0.1, 0.15) is 11.1 Å². The van der Waals surface area contributed by atoms with E-state index < -0.39 is 11.5 Å². The van der Waals surface area contributed by atoms with E-state index in [0.717, 1.165) is 0 Å². The van der Waals surface area contributed by atoms with E-state index in [1.807, 2.05) is 0 Å². The van der Waals surface area contributed by atoms with Crippen LogP contribution in [0.25, 0.3) is 11.0 Å². The summed E-state index contributed by atoms with van der Waals surface area (Å²) in [5, 5.41) is 1.27. The molecule has 0 fully saturated rings. The minimum Gasteiger partial charge on any atom is -0.422 e. The van der Waals surface area contributed by atoms with Crippen molar-refractivity contribution in [3.05, 3.63) is 75.6 Å². The summed E-state index contributed by atoms with van der Waals surface area (Å²) >= 11 is 5.78. The molecule has 5 nitrogen and oxygen atoms in total. The molecule has 0 aliphatic carbocycles. The van der Waals surface area contributed by atoms with Gasteiger partial charge in [-0.3, -0.25) is 15.6 Å². The van der Waals surface area contributed by atoms with Gasteiger partial charge in [-0.05, 0) is 36.4 Å². The summed E-state index contributed by atoms with van der Waals surface area (Å²) in [7, 11) is 0. The van der Waals surface area contributed by atoms with Gasteiger partial charge in [-0.15, -0.1) is 0 Å². The maximum absolute atomic E-state index is 12.1. The third-order valence-corrected chi connectivity index (χ3v) is 3.30. The van der Waals surface area contributed by atoms with E-state index in [2.05, 4.69) is 10.9 Å². The van der Waals surface area contributed by atoms with E-state index in [1.54, 1.807) is 48.5 Å². The summed E-state index contributed by atoms with van der Waals surface area (Å²) in [6.07, 6.45) is 0. The molecule has 0 radical (unpaired) electrons. The lowest BCUT2D eigenvalue weighted by molar-refractivity contribution is 0.0959. The van der Waals surface area contributed by atoms with Crippen LogP contribution >= 0.6 is 11.6 Å². The van der Waals surface area contributed by atoms with Crippen LogP contribution < -0.4 is 16.5 Å². The Kier molecular flexibility index (Phi) is 3.80. The summed E-state index contributed by atoms with van der Waals surface area (Å²) in [4.78, 5) is 23.9. The minimum absolute atomic E-state index is 0.0693. The van der Waals surface area contributed by atoms with E-state index >= 15 is 0 Å². The first-order valence-electron chi connectivity index (χ1n) is 6.48. The fourth-order valence-corrected chi connectivity index (χ4v) is 2.08. The lowest BCUT2D eigenvalue weighted by Gasteiger charge is -2.08. The van der Waals surface area contributed by atoms with Crippen molar-refractivity contribution in [1.29, 1.82) is 0 Å². The van der Waals surface area contributed by atoms with E-state index in [1.165, 1.54) is 6.07 Å². The normalized spacial score (nSPS) is 10.4. The van der Waals surface area contributed by atoms with Crippen molar-refractivity contribution in [1.82, 2.24) is 5.43 Å². The Morgan fingerprint density at radius 3 is 2.55 bits per heavy atom. The molecule has 2 N–H and O–H groups in total. The molecule has 0 aliphatic rings. The Balaban J connectivity index is 1.81.